The van der Waals surface area contributed by atoms with Crippen molar-refractivity contribution in [3.8, 4) is 0 Å². The van der Waals surface area contributed by atoms with Gasteiger partial charge in [0.05, 0.1) is 21.2 Å². The van der Waals surface area contributed by atoms with Gasteiger partial charge in [-0.1, -0.05) is 47.5 Å². The Bertz CT molecular complexity index is 1020. The van der Waals surface area contributed by atoms with Gasteiger partial charge in [-0.25, -0.2) is 4.79 Å². The zero-order chi connectivity index (χ0) is 26.3. The SMILES string of the molecule is O=C(N1CCC(c2cccc(Cl)c2C(F)(F)F)CC1)N1CCC(c2cccc(Cl)c2C(F)(F)F)CC1. The van der Waals surface area contributed by atoms with Crippen molar-refractivity contribution in [3.63, 3.8) is 0 Å². The van der Waals surface area contributed by atoms with Gasteiger partial charge in [0.1, 0.15) is 0 Å². The summed E-state index contributed by atoms with van der Waals surface area (Å²) in [6, 6.07) is 8.07. The van der Waals surface area contributed by atoms with Crippen LogP contribution in [0, 0.1) is 0 Å². The summed E-state index contributed by atoms with van der Waals surface area (Å²) in [5.41, 5.74) is -1.36. The van der Waals surface area contributed by atoms with E-state index in [1.54, 1.807) is 9.80 Å². The number of urea groups is 1. The number of rotatable bonds is 2. The number of nitrogens with zero attached hydrogens (tertiary/aromatic N) is 2. The number of amides is 2. The van der Waals surface area contributed by atoms with E-state index < -0.39 is 23.5 Å². The Kier molecular flexibility index (Phi) is 7.72. The maximum Gasteiger partial charge on any atom is 0.418 e. The average Bonchev–Trinajstić information content (AvgIpc) is 2.82. The molecule has 2 fully saturated rings. The largest absolute Gasteiger partial charge is 0.418 e. The number of piperidine rings is 2. The van der Waals surface area contributed by atoms with Crippen molar-refractivity contribution in [1.29, 1.82) is 0 Å². The van der Waals surface area contributed by atoms with Gasteiger partial charge in [0.2, 0.25) is 0 Å². The Morgan fingerprint density at radius 3 is 1.31 bits per heavy atom. The Morgan fingerprint density at radius 1 is 0.667 bits per heavy atom. The first-order chi connectivity index (χ1) is 16.9. The van der Waals surface area contributed by atoms with Crippen LogP contribution in [0.1, 0.15) is 59.8 Å². The fourth-order valence-electron chi connectivity index (χ4n) is 5.32. The van der Waals surface area contributed by atoms with Gasteiger partial charge < -0.3 is 9.80 Å². The van der Waals surface area contributed by atoms with Crippen molar-refractivity contribution in [3.05, 3.63) is 68.7 Å². The van der Waals surface area contributed by atoms with Crippen molar-refractivity contribution in [2.75, 3.05) is 26.2 Å². The number of alkyl halides is 6. The molecule has 3 nitrogen and oxygen atoms in total. The second kappa shape index (κ2) is 10.3. The van der Waals surface area contributed by atoms with E-state index in [1.165, 1.54) is 36.4 Å². The van der Waals surface area contributed by atoms with Crippen LogP contribution in [0.25, 0.3) is 0 Å². The number of benzene rings is 2. The molecule has 2 aromatic carbocycles. The number of halogens is 8. The van der Waals surface area contributed by atoms with E-state index in [0.29, 0.717) is 51.9 Å². The summed E-state index contributed by atoms with van der Waals surface area (Å²) < 4.78 is 81.3. The molecule has 0 N–H and O–H groups in total. The fraction of sp³-hybridized carbons (Fsp3) is 0.480. The van der Waals surface area contributed by atoms with E-state index in [9.17, 15) is 31.1 Å². The molecule has 196 valence electrons. The predicted molar refractivity (Wildman–Crippen MR) is 125 cm³/mol. The van der Waals surface area contributed by atoms with Gasteiger partial charge in [-0.15, -0.1) is 0 Å². The normalized spacial score (nSPS) is 18.6. The lowest BCUT2D eigenvalue weighted by molar-refractivity contribution is -0.139. The highest BCUT2D eigenvalue weighted by atomic mass is 35.5. The van der Waals surface area contributed by atoms with E-state index in [4.69, 9.17) is 23.2 Å². The van der Waals surface area contributed by atoms with Crippen LogP contribution >= 0.6 is 23.2 Å². The highest BCUT2D eigenvalue weighted by Crippen LogP contribution is 2.44. The molecule has 0 atom stereocenters. The van der Waals surface area contributed by atoms with E-state index in [1.807, 2.05) is 0 Å². The van der Waals surface area contributed by atoms with Gasteiger partial charge in [0.15, 0.2) is 0 Å². The zero-order valence-electron chi connectivity index (χ0n) is 19.1. The minimum atomic E-state index is -4.57. The van der Waals surface area contributed by atoms with Crippen molar-refractivity contribution in [2.45, 2.75) is 49.9 Å². The molecule has 4 rings (SSSR count). The summed E-state index contributed by atoms with van der Waals surface area (Å²) in [5, 5.41) is -0.676. The molecule has 2 aliphatic heterocycles. The highest BCUT2D eigenvalue weighted by molar-refractivity contribution is 6.31. The average molecular weight is 553 g/mol. The van der Waals surface area contributed by atoms with Crippen molar-refractivity contribution >= 4 is 29.2 Å². The first kappa shape index (κ1) is 26.9. The molecule has 0 saturated carbocycles. The van der Waals surface area contributed by atoms with Gasteiger partial charge in [0, 0.05) is 26.2 Å². The minimum Gasteiger partial charge on any atom is -0.325 e. The lowest BCUT2D eigenvalue weighted by Crippen LogP contribution is -2.49. The Labute approximate surface area is 215 Å². The summed E-state index contributed by atoms with van der Waals surface area (Å²) in [6.45, 7) is 1.17. The standard InChI is InChI=1S/C25H24Cl2F6N2O/c26-19-5-1-3-17(21(19)24(28,29)30)15-7-11-34(12-8-15)23(36)35-13-9-16(10-14-35)18-4-2-6-20(27)22(18)25(31,32)33/h1-6,15-16H,7-14H2. The second-order valence-corrected chi connectivity index (χ2v) is 10.0. The van der Waals surface area contributed by atoms with E-state index in [0.717, 1.165) is 0 Å². The highest BCUT2D eigenvalue weighted by Gasteiger charge is 2.40. The molecule has 2 aliphatic rings. The molecular weight excluding hydrogens is 529 g/mol. The number of carbonyl (C=O) groups excluding carboxylic acids is 1. The van der Waals surface area contributed by atoms with Crippen LogP contribution < -0.4 is 0 Å². The van der Waals surface area contributed by atoms with E-state index >= 15 is 0 Å². The smallest absolute Gasteiger partial charge is 0.325 e. The van der Waals surface area contributed by atoms with Crippen LogP contribution in [0.3, 0.4) is 0 Å². The Hall–Kier alpha value is -2.13. The monoisotopic (exact) mass is 552 g/mol. The Morgan fingerprint density at radius 2 is 1.00 bits per heavy atom. The van der Waals surface area contributed by atoms with Gasteiger partial charge in [-0.3, -0.25) is 0 Å². The Balaban J connectivity index is 1.38. The molecule has 0 aromatic heterocycles. The molecule has 0 radical (unpaired) electrons. The minimum absolute atomic E-state index is 0.143. The van der Waals surface area contributed by atoms with Crippen LogP contribution in [0.5, 0.6) is 0 Å². The predicted octanol–water partition coefficient (Wildman–Crippen LogP) is 8.21. The van der Waals surface area contributed by atoms with Crippen LogP contribution in [-0.2, 0) is 12.4 Å². The maximum absolute atomic E-state index is 13.6. The van der Waals surface area contributed by atoms with Crippen LogP contribution in [0.15, 0.2) is 36.4 Å². The first-order valence-corrected chi connectivity index (χ1v) is 12.4. The molecule has 36 heavy (non-hydrogen) atoms. The lowest BCUT2D eigenvalue weighted by atomic mass is 9.85. The molecule has 2 heterocycles. The quantitative estimate of drug-likeness (QED) is 0.344. The van der Waals surface area contributed by atoms with Gasteiger partial charge in [-0.05, 0) is 60.8 Å². The van der Waals surface area contributed by atoms with Crippen molar-refractivity contribution < 1.29 is 31.1 Å². The number of carbonyl (C=O) groups is 1. The molecule has 0 bridgehead atoms. The summed E-state index contributed by atoms with van der Waals surface area (Å²) in [6.07, 6.45) is -7.68. The second-order valence-electron chi connectivity index (χ2n) is 9.21. The third-order valence-corrected chi connectivity index (χ3v) is 7.70. The molecule has 0 unspecified atom stereocenters. The summed E-state index contributed by atoms with van der Waals surface area (Å²) in [4.78, 5) is 16.3. The number of hydrogen-bond donors (Lipinski definition) is 0. The van der Waals surface area contributed by atoms with Crippen molar-refractivity contribution in [2.24, 2.45) is 0 Å². The molecule has 0 aliphatic carbocycles. The molecule has 2 amide bonds. The first-order valence-electron chi connectivity index (χ1n) is 11.6. The van der Waals surface area contributed by atoms with E-state index in [-0.39, 0.29) is 39.0 Å². The summed E-state index contributed by atoms with van der Waals surface area (Å²) >= 11 is 11.7. The number of hydrogen-bond acceptors (Lipinski definition) is 1. The summed E-state index contributed by atoms with van der Waals surface area (Å²) in [5.74, 6) is -0.752. The molecular formula is C25H24Cl2F6N2O. The number of likely N-dealkylation sites (tertiary alicyclic amines) is 2. The van der Waals surface area contributed by atoms with Gasteiger partial charge >= 0.3 is 18.4 Å². The van der Waals surface area contributed by atoms with Gasteiger partial charge in [-0.2, -0.15) is 26.3 Å². The molecule has 11 heteroatoms. The molecule has 0 spiro atoms. The maximum atomic E-state index is 13.6. The molecule has 2 aromatic rings. The topological polar surface area (TPSA) is 23.6 Å². The summed E-state index contributed by atoms with van der Waals surface area (Å²) in [7, 11) is 0. The van der Waals surface area contributed by atoms with Gasteiger partial charge in [0.25, 0.3) is 0 Å². The third kappa shape index (κ3) is 5.57. The zero-order valence-corrected chi connectivity index (χ0v) is 20.6. The van der Waals surface area contributed by atoms with Crippen molar-refractivity contribution in [1.82, 2.24) is 9.80 Å². The lowest BCUT2D eigenvalue weighted by Gasteiger charge is -2.39. The van der Waals surface area contributed by atoms with Crippen LogP contribution in [-0.4, -0.2) is 42.0 Å². The van der Waals surface area contributed by atoms with Crippen LogP contribution in [0.4, 0.5) is 31.1 Å². The fourth-order valence-corrected chi connectivity index (χ4v) is 5.90. The van der Waals surface area contributed by atoms with E-state index in [2.05, 4.69) is 0 Å². The third-order valence-electron chi connectivity index (χ3n) is 7.07. The molecule has 2 saturated heterocycles. The van der Waals surface area contributed by atoms with Crippen LogP contribution in [0.2, 0.25) is 10.0 Å².